The van der Waals surface area contributed by atoms with Crippen LogP contribution in [0.4, 0.5) is 5.95 Å². The van der Waals surface area contributed by atoms with E-state index in [0.29, 0.717) is 5.69 Å². The predicted octanol–water partition coefficient (Wildman–Crippen LogP) is -0.178. The second-order valence-corrected chi connectivity index (χ2v) is 3.91. The van der Waals surface area contributed by atoms with E-state index in [0.717, 1.165) is 0 Å². The van der Waals surface area contributed by atoms with E-state index in [1.165, 1.54) is 18.0 Å². The van der Waals surface area contributed by atoms with Gasteiger partial charge in [-0.25, -0.2) is 4.68 Å². The van der Waals surface area contributed by atoms with E-state index in [1.807, 2.05) is 0 Å². The number of ether oxygens (including phenoxy) is 1. The van der Waals surface area contributed by atoms with Gasteiger partial charge >= 0.3 is 12.0 Å². The molecule has 106 valence electrons. The summed E-state index contributed by atoms with van der Waals surface area (Å²) in [5.41, 5.74) is 0.529. The molecule has 20 heavy (non-hydrogen) atoms. The van der Waals surface area contributed by atoms with Crippen LogP contribution in [-0.4, -0.2) is 48.1 Å². The molecule has 0 saturated carbocycles. The smallest absolute Gasteiger partial charge is 0.325 e. The van der Waals surface area contributed by atoms with Crippen molar-refractivity contribution in [1.82, 2.24) is 29.9 Å². The maximum Gasteiger partial charge on any atom is 0.325 e. The number of nitrogens with one attached hydrogen (secondary N) is 1. The van der Waals surface area contributed by atoms with Crippen molar-refractivity contribution in [1.29, 1.82) is 0 Å². The molecule has 0 atom stereocenters. The Hall–Kier alpha value is -2.49. The van der Waals surface area contributed by atoms with Crippen molar-refractivity contribution in [3.05, 3.63) is 17.2 Å². The van der Waals surface area contributed by atoms with E-state index in [9.17, 15) is 4.79 Å². The summed E-state index contributed by atoms with van der Waals surface area (Å²) in [7, 11) is 1.41. The zero-order valence-electron chi connectivity index (χ0n) is 10.3. The molecule has 0 bridgehead atoms. The predicted molar refractivity (Wildman–Crippen MR) is 66.4 cm³/mol. The zero-order valence-corrected chi connectivity index (χ0v) is 11.1. The fraction of sp³-hybridized carbons (Fsp3) is 0.333. The Morgan fingerprint density at radius 2 is 2.30 bits per heavy atom. The van der Waals surface area contributed by atoms with Gasteiger partial charge in [-0.2, -0.15) is 15.0 Å². The van der Waals surface area contributed by atoms with Gasteiger partial charge in [-0.15, -0.1) is 5.10 Å². The Kier molecular flexibility index (Phi) is 4.25. The van der Waals surface area contributed by atoms with Gasteiger partial charge in [0.1, 0.15) is 12.2 Å². The highest BCUT2D eigenvalue weighted by Gasteiger charge is 2.07. The fourth-order valence-corrected chi connectivity index (χ4v) is 1.46. The molecular weight excluding hydrogens is 290 g/mol. The van der Waals surface area contributed by atoms with Crippen LogP contribution < -0.4 is 10.1 Å². The number of hydrogen-bond acceptors (Lipinski definition) is 8. The molecule has 2 heterocycles. The standard InChI is InChI=1S/C9H10ClN7O3/c1-20-9-13-7(10)12-8(14-9)11-2-5-3-17(16-15-5)4-6(18)19/h3H,2,4H2,1H3,(H,18,19)(H,11,12,13,14). The number of rotatable bonds is 6. The van der Waals surface area contributed by atoms with Crippen molar-refractivity contribution in [2.24, 2.45) is 0 Å². The van der Waals surface area contributed by atoms with E-state index in [2.05, 4.69) is 30.6 Å². The molecule has 10 nitrogen and oxygen atoms in total. The van der Waals surface area contributed by atoms with E-state index >= 15 is 0 Å². The first-order chi connectivity index (χ1) is 9.56. The lowest BCUT2D eigenvalue weighted by Crippen LogP contribution is -2.09. The highest BCUT2D eigenvalue weighted by molar-refractivity contribution is 6.28. The molecule has 2 rings (SSSR count). The lowest BCUT2D eigenvalue weighted by atomic mass is 10.5. The number of aliphatic carboxylic acids is 1. The van der Waals surface area contributed by atoms with E-state index in [1.54, 1.807) is 0 Å². The molecule has 2 N–H and O–H groups in total. The minimum absolute atomic E-state index is 0.00567. The van der Waals surface area contributed by atoms with Gasteiger partial charge in [0.05, 0.1) is 19.9 Å². The van der Waals surface area contributed by atoms with Crippen LogP contribution in [0.1, 0.15) is 5.69 Å². The Morgan fingerprint density at radius 3 is 3.00 bits per heavy atom. The van der Waals surface area contributed by atoms with Gasteiger partial charge in [0, 0.05) is 0 Å². The first-order valence-electron chi connectivity index (χ1n) is 5.37. The van der Waals surface area contributed by atoms with Crippen LogP contribution in [0.25, 0.3) is 0 Å². The van der Waals surface area contributed by atoms with E-state index < -0.39 is 5.97 Å². The summed E-state index contributed by atoms with van der Waals surface area (Å²) in [5.74, 6) is -0.780. The SMILES string of the molecule is COc1nc(Cl)nc(NCc2cn(CC(=O)O)nn2)n1. The monoisotopic (exact) mass is 299 g/mol. The number of anilines is 1. The lowest BCUT2D eigenvalue weighted by molar-refractivity contribution is -0.137. The van der Waals surface area contributed by atoms with Crippen LogP contribution in [0.2, 0.25) is 5.28 Å². The molecule has 2 aromatic heterocycles. The Labute approximate surface area is 117 Å². The number of hydrogen-bond donors (Lipinski definition) is 2. The summed E-state index contributed by atoms with van der Waals surface area (Å²) in [6.45, 7) is 0.00151. The number of halogens is 1. The van der Waals surface area contributed by atoms with Crippen molar-refractivity contribution in [2.45, 2.75) is 13.1 Å². The van der Waals surface area contributed by atoms with Gasteiger partial charge in [-0.3, -0.25) is 4.79 Å². The summed E-state index contributed by atoms with van der Waals surface area (Å²) >= 11 is 5.69. The van der Waals surface area contributed by atoms with Gasteiger partial charge in [-0.05, 0) is 11.6 Å². The van der Waals surface area contributed by atoms with Crippen molar-refractivity contribution in [3.8, 4) is 6.01 Å². The van der Waals surface area contributed by atoms with Gasteiger partial charge < -0.3 is 15.2 Å². The van der Waals surface area contributed by atoms with Crippen molar-refractivity contribution < 1.29 is 14.6 Å². The summed E-state index contributed by atoms with van der Waals surface area (Å²) in [6, 6.07) is 0.0852. The molecule has 0 aliphatic carbocycles. The molecule has 11 heteroatoms. The fourth-order valence-electron chi connectivity index (χ4n) is 1.31. The maximum absolute atomic E-state index is 10.5. The Balaban J connectivity index is 1.99. The third-order valence-corrected chi connectivity index (χ3v) is 2.25. The number of nitrogens with zero attached hydrogens (tertiary/aromatic N) is 6. The van der Waals surface area contributed by atoms with Gasteiger partial charge in [0.15, 0.2) is 0 Å². The van der Waals surface area contributed by atoms with Crippen LogP contribution in [-0.2, 0) is 17.9 Å². The molecule has 0 radical (unpaired) electrons. The average Bonchev–Trinajstić information content (AvgIpc) is 2.82. The first kappa shape index (κ1) is 13.9. The van der Waals surface area contributed by atoms with Crippen molar-refractivity contribution in [3.63, 3.8) is 0 Å². The number of aromatic nitrogens is 6. The summed E-state index contributed by atoms with van der Waals surface area (Å²) in [4.78, 5) is 22.0. The first-order valence-corrected chi connectivity index (χ1v) is 5.75. The maximum atomic E-state index is 10.5. The second kappa shape index (κ2) is 6.10. The van der Waals surface area contributed by atoms with Crippen LogP contribution in [0.15, 0.2) is 6.20 Å². The normalized spacial score (nSPS) is 10.3. The summed E-state index contributed by atoms with van der Waals surface area (Å²) in [5, 5.41) is 18.9. The van der Waals surface area contributed by atoms with Gasteiger partial charge in [0.25, 0.3) is 0 Å². The number of carboxylic acids is 1. The molecule has 2 aromatic rings. The topological polar surface area (TPSA) is 128 Å². The van der Waals surface area contributed by atoms with Gasteiger partial charge in [-0.1, -0.05) is 5.21 Å². The summed E-state index contributed by atoms with van der Waals surface area (Å²) in [6.07, 6.45) is 1.50. The van der Waals surface area contributed by atoms with Gasteiger partial charge in [0.2, 0.25) is 11.2 Å². The third-order valence-electron chi connectivity index (χ3n) is 2.08. The van der Waals surface area contributed by atoms with Crippen LogP contribution >= 0.6 is 11.6 Å². The number of methoxy groups -OCH3 is 1. The average molecular weight is 300 g/mol. The number of carbonyl (C=O) groups is 1. The Bertz CT molecular complexity index is 617. The largest absolute Gasteiger partial charge is 0.480 e. The lowest BCUT2D eigenvalue weighted by Gasteiger charge is -2.03. The molecule has 0 aliphatic rings. The van der Waals surface area contributed by atoms with Crippen LogP contribution in [0.5, 0.6) is 6.01 Å². The second-order valence-electron chi connectivity index (χ2n) is 3.57. The molecule has 0 fully saturated rings. The molecule has 0 spiro atoms. The Morgan fingerprint density at radius 1 is 1.50 bits per heavy atom. The molecule has 0 unspecified atom stereocenters. The van der Waals surface area contributed by atoms with Crippen molar-refractivity contribution in [2.75, 3.05) is 12.4 Å². The number of carboxylic acid groups (broad SMARTS) is 1. The summed E-state index contributed by atoms with van der Waals surface area (Å²) < 4.78 is 6.06. The van der Waals surface area contributed by atoms with E-state index in [-0.39, 0.29) is 30.3 Å². The molecule has 0 aliphatic heterocycles. The third kappa shape index (κ3) is 3.75. The van der Waals surface area contributed by atoms with E-state index in [4.69, 9.17) is 21.4 Å². The minimum Gasteiger partial charge on any atom is -0.480 e. The quantitative estimate of drug-likeness (QED) is 0.746. The molecule has 0 saturated heterocycles. The van der Waals surface area contributed by atoms with Crippen LogP contribution in [0, 0.1) is 0 Å². The molecule has 0 amide bonds. The molecular formula is C9H10ClN7O3. The zero-order chi connectivity index (χ0) is 14.5. The highest BCUT2D eigenvalue weighted by atomic mass is 35.5. The van der Waals surface area contributed by atoms with Crippen molar-refractivity contribution >= 4 is 23.5 Å². The minimum atomic E-state index is -0.997. The van der Waals surface area contributed by atoms with Crippen LogP contribution in [0.3, 0.4) is 0 Å². The highest BCUT2D eigenvalue weighted by Crippen LogP contribution is 2.11. The molecule has 0 aromatic carbocycles.